The van der Waals surface area contributed by atoms with E-state index >= 15 is 0 Å². The molecule has 0 saturated heterocycles. The minimum absolute atomic E-state index is 0.0639. The number of hydrogen-bond acceptors (Lipinski definition) is 5. The lowest BCUT2D eigenvalue weighted by Crippen LogP contribution is -2.38. The average molecular weight is 348 g/mol. The molecule has 0 saturated carbocycles. The van der Waals surface area contributed by atoms with Gasteiger partial charge in [0.15, 0.2) is 0 Å². The van der Waals surface area contributed by atoms with Crippen molar-refractivity contribution in [3.63, 3.8) is 0 Å². The van der Waals surface area contributed by atoms with Crippen molar-refractivity contribution in [1.29, 1.82) is 0 Å². The number of carbonyl (C=O) groups is 1. The number of thiazole rings is 1. The molecule has 7 nitrogen and oxygen atoms in total. The fourth-order valence-corrected chi connectivity index (χ4v) is 3.12. The van der Waals surface area contributed by atoms with Crippen LogP contribution in [-0.4, -0.2) is 22.5 Å². The topological polar surface area (TPSA) is 97.2 Å². The Morgan fingerprint density at radius 2 is 2.08 bits per heavy atom. The maximum absolute atomic E-state index is 12.0. The molecule has 1 aromatic heterocycles. The van der Waals surface area contributed by atoms with Gasteiger partial charge in [-0.25, -0.2) is 9.78 Å². The first kappa shape index (κ1) is 17.9. The highest BCUT2D eigenvalue weighted by Crippen LogP contribution is 2.20. The molecule has 2 aromatic rings. The summed E-state index contributed by atoms with van der Waals surface area (Å²) in [7, 11) is 0. The van der Waals surface area contributed by atoms with Crippen LogP contribution in [-0.2, 0) is 6.42 Å². The Hall–Kier alpha value is -2.48. The predicted molar refractivity (Wildman–Crippen MR) is 93.2 cm³/mol. The van der Waals surface area contributed by atoms with Gasteiger partial charge in [-0.15, -0.1) is 11.3 Å². The molecule has 0 spiro atoms. The monoisotopic (exact) mass is 348 g/mol. The maximum Gasteiger partial charge on any atom is 0.315 e. The second-order valence-corrected chi connectivity index (χ2v) is 6.25. The number of rotatable bonds is 7. The summed E-state index contributed by atoms with van der Waals surface area (Å²) >= 11 is 1.54. The fraction of sp³-hybridized carbons (Fsp3) is 0.375. The lowest BCUT2D eigenvalue weighted by molar-refractivity contribution is -0.384. The van der Waals surface area contributed by atoms with Gasteiger partial charge in [0, 0.05) is 29.8 Å². The number of nitro groups is 1. The Bertz CT molecular complexity index is 700. The van der Waals surface area contributed by atoms with Crippen molar-refractivity contribution in [2.45, 2.75) is 32.7 Å². The zero-order valence-corrected chi connectivity index (χ0v) is 14.4. The number of non-ortho nitro benzene ring substituents is 1. The van der Waals surface area contributed by atoms with Gasteiger partial charge in [0.05, 0.1) is 11.0 Å². The Labute approximate surface area is 144 Å². The Morgan fingerprint density at radius 1 is 1.38 bits per heavy atom. The quantitative estimate of drug-likeness (QED) is 0.592. The van der Waals surface area contributed by atoms with Crippen molar-refractivity contribution < 1.29 is 9.72 Å². The lowest BCUT2D eigenvalue weighted by atomic mass is 10.1. The van der Waals surface area contributed by atoms with Crippen molar-refractivity contribution in [3.05, 3.63) is 56.0 Å². The fourth-order valence-electron chi connectivity index (χ4n) is 2.18. The van der Waals surface area contributed by atoms with Crippen LogP contribution in [0.15, 0.2) is 29.6 Å². The molecule has 24 heavy (non-hydrogen) atoms. The third-order valence-corrected chi connectivity index (χ3v) is 4.57. The molecular formula is C16H20N4O3S. The molecular weight excluding hydrogens is 328 g/mol. The van der Waals surface area contributed by atoms with Gasteiger partial charge in [-0.2, -0.15) is 0 Å². The number of nitrogens with one attached hydrogen (secondary N) is 2. The van der Waals surface area contributed by atoms with Gasteiger partial charge in [-0.1, -0.05) is 19.1 Å². The van der Waals surface area contributed by atoms with Crippen molar-refractivity contribution >= 4 is 23.1 Å². The highest BCUT2D eigenvalue weighted by atomic mass is 32.1. The molecule has 1 atom stereocenters. The van der Waals surface area contributed by atoms with E-state index in [-0.39, 0.29) is 17.8 Å². The van der Waals surface area contributed by atoms with Gasteiger partial charge in [0.1, 0.15) is 5.01 Å². The number of aryl methyl sites for hydroxylation is 1. The number of carbonyl (C=O) groups excluding carboxylic acids is 1. The summed E-state index contributed by atoms with van der Waals surface area (Å²) in [5.74, 6) is 0. The van der Waals surface area contributed by atoms with Crippen LogP contribution in [0.3, 0.4) is 0 Å². The van der Waals surface area contributed by atoms with Crippen molar-refractivity contribution in [3.8, 4) is 0 Å². The minimum Gasteiger partial charge on any atom is -0.338 e. The maximum atomic E-state index is 12.0. The second-order valence-electron chi connectivity index (χ2n) is 5.36. The zero-order valence-electron chi connectivity index (χ0n) is 13.6. The van der Waals surface area contributed by atoms with E-state index in [1.807, 2.05) is 19.2 Å². The Balaban J connectivity index is 1.79. The first-order chi connectivity index (χ1) is 11.5. The summed E-state index contributed by atoms with van der Waals surface area (Å²) in [4.78, 5) is 26.6. The first-order valence-electron chi connectivity index (χ1n) is 7.69. The first-order valence-corrected chi connectivity index (χ1v) is 8.57. The lowest BCUT2D eigenvalue weighted by Gasteiger charge is -2.15. The Kier molecular flexibility index (Phi) is 6.25. The summed E-state index contributed by atoms with van der Waals surface area (Å²) < 4.78 is 0. The van der Waals surface area contributed by atoms with Crippen molar-refractivity contribution in [1.82, 2.24) is 15.6 Å². The molecule has 1 aromatic carbocycles. The number of amides is 2. The minimum atomic E-state index is -0.430. The van der Waals surface area contributed by atoms with E-state index in [1.165, 1.54) is 23.5 Å². The average Bonchev–Trinajstić information content (AvgIpc) is 2.99. The van der Waals surface area contributed by atoms with Crippen LogP contribution >= 0.6 is 11.3 Å². The molecule has 0 radical (unpaired) electrons. The van der Waals surface area contributed by atoms with Crippen LogP contribution in [0.2, 0.25) is 0 Å². The van der Waals surface area contributed by atoms with E-state index in [1.54, 1.807) is 12.1 Å². The van der Waals surface area contributed by atoms with Gasteiger partial charge >= 0.3 is 6.03 Å². The molecule has 2 N–H and O–H groups in total. The van der Waals surface area contributed by atoms with Crippen LogP contribution in [0.4, 0.5) is 10.5 Å². The summed E-state index contributed by atoms with van der Waals surface area (Å²) in [6.07, 6.45) is 1.38. The third kappa shape index (κ3) is 5.02. The molecule has 0 aliphatic heterocycles. The largest absolute Gasteiger partial charge is 0.338 e. The van der Waals surface area contributed by atoms with Gasteiger partial charge in [-0.05, 0) is 25.3 Å². The molecule has 0 bridgehead atoms. The summed E-state index contributed by atoms with van der Waals surface area (Å²) in [5, 5.41) is 19.2. The highest BCUT2D eigenvalue weighted by molar-refractivity contribution is 7.09. The molecule has 128 valence electrons. The van der Waals surface area contributed by atoms with E-state index in [2.05, 4.69) is 15.6 Å². The summed E-state index contributed by atoms with van der Waals surface area (Å²) in [6, 6.07) is 6.00. The van der Waals surface area contributed by atoms with Gasteiger partial charge < -0.3 is 10.6 Å². The normalized spacial score (nSPS) is 11.8. The van der Waals surface area contributed by atoms with E-state index in [0.717, 1.165) is 22.7 Å². The van der Waals surface area contributed by atoms with E-state index in [0.29, 0.717) is 13.0 Å². The van der Waals surface area contributed by atoms with Gasteiger partial charge in [-0.3, -0.25) is 10.1 Å². The Morgan fingerprint density at radius 3 is 2.62 bits per heavy atom. The summed E-state index contributed by atoms with van der Waals surface area (Å²) in [6.45, 7) is 4.38. The highest BCUT2D eigenvalue weighted by Gasteiger charge is 2.15. The molecule has 1 heterocycles. The smallest absolute Gasteiger partial charge is 0.315 e. The van der Waals surface area contributed by atoms with E-state index < -0.39 is 4.92 Å². The van der Waals surface area contributed by atoms with Crippen molar-refractivity contribution in [2.24, 2.45) is 0 Å². The molecule has 1 unspecified atom stereocenters. The molecule has 0 aliphatic rings. The van der Waals surface area contributed by atoms with Crippen LogP contribution < -0.4 is 10.6 Å². The molecule has 2 rings (SSSR count). The molecule has 0 aliphatic carbocycles. The zero-order chi connectivity index (χ0) is 17.5. The van der Waals surface area contributed by atoms with Crippen LogP contribution in [0.5, 0.6) is 0 Å². The summed E-state index contributed by atoms with van der Waals surface area (Å²) in [5.41, 5.74) is 1.95. The standard InChI is InChI=1S/C16H20N4O3S/c1-3-14(15-18-11(2)10-24-15)19-16(21)17-9-8-12-4-6-13(7-5-12)20(22)23/h4-7,10,14H,3,8-9H2,1-2H3,(H2,17,19,21). The predicted octanol–water partition coefficient (Wildman–Crippen LogP) is 3.35. The van der Waals surface area contributed by atoms with Crippen molar-refractivity contribution in [2.75, 3.05) is 6.54 Å². The molecule has 0 fully saturated rings. The second kappa shape index (κ2) is 8.39. The molecule has 8 heteroatoms. The number of nitrogens with zero attached hydrogens (tertiary/aromatic N) is 2. The van der Waals surface area contributed by atoms with Gasteiger partial charge in [0.2, 0.25) is 0 Å². The number of benzene rings is 1. The SMILES string of the molecule is CCC(NC(=O)NCCc1ccc([N+](=O)[O-])cc1)c1nc(C)cs1. The number of hydrogen-bond donors (Lipinski definition) is 2. The van der Waals surface area contributed by atoms with Crippen LogP contribution in [0.25, 0.3) is 0 Å². The van der Waals surface area contributed by atoms with Gasteiger partial charge in [0.25, 0.3) is 5.69 Å². The van der Waals surface area contributed by atoms with Crippen LogP contribution in [0, 0.1) is 17.0 Å². The molecule has 2 amide bonds. The van der Waals surface area contributed by atoms with Crippen LogP contribution in [0.1, 0.15) is 35.7 Å². The number of urea groups is 1. The van der Waals surface area contributed by atoms with E-state index in [4.69, 9.17) is 0 Å². The van der Waals surface area contributed by atoms with E-state index in [9.17, 15) is 14.9 Å². The number of nitro benzene ring substituents is 1. The third-order valence-electron chi connectivity index (χ3n) is 3.49. The number of aromatic nitrogens is 1.